The topological polar surface area (TPSA) is 16.1 Å². The first-order valence-corrected chi connectivity index (χ1v) is 7.20. The molecule has 1 aliphatic rings. The Labute approximate surface area is 102 Å². The Hall–Kier alpha value is -0.540. The Morgan fingerprint density at radius 2 is 2.25 bits per heavy atom. The van der Waals surface area contributed by atoms with Crippen LogP contribution in [0.15, 0.2) is 23.4 Å². The summed E-state index contributed by atoms with van der Waals surface area (Å²) in [5, 5.41) is 1.11. The predicted molar refractivity (Wildman–Crippen MR) is 69.8 cm³/mol. The van der Waals surface area contributed by atoms with Gasteiger partial charge in [0.15, 0.2) is 0 Å². The normalized spacial score (nSPS) is 21.9. The fraction of sp³-hybridized carbons (Fsp3) is 0.615. The molecule has 0 bridgehead atoms. The predicted octanol–water partition coefficient (Wildman–Crippen LogP) is 3.35. The first-order valence-electron chi connectivity index (χ1n) is 5.98. The molecule has 1 aromatic rings. The number of likely N-dealkylation sites (tertiary alicyclic amines) is 1. The van der Waals surface area contributed by atoms with Crippen molar-refractivity contribution >= 4 is 11.8 Å². The molecule has 16 heavy (non-hydrogen) atoms. The van der Waals surface area contributed by atoms with Crippen molar-refractivity contribution in [2.75, 3.05) is 12.8 Å². The van der Waals surface area contributed by atoms with E-state index in [-0.39, 0.29) is 0 Å². The van der Waals surface area contributed by atoms with Gasteiger partial charge in [-0.25, -0.2) is 4.98 Å². The lowest BCUT2D eigenvalue weighted by Crippen LogP contribution is -2.30. The largest absolute Gasteiger partial charge is 0.294 e. The Morgan fingerprint density at radius 3 is 2.81 bits per heavy atom. The van der Waals surface area contributed by atoms with Gasteiger partial charge in [0.25, 0.3) is 0 Å². The average molecular weight is 236 g/mol. The smallest absolute Gasteiger partial charge is 0.0957 e. The minimum atomic E-state index is 0.586. The first kappa shape index (κ1) is 11.9. The van der Waals surface area contributed by atoms with Crippen LogP contribution in [0, 0.1) is 0 Å². The van der Waals surface area contributed by atoms with Crippen LogP contribution in [0.1, 0.15) is 38.3 Å². The van der Waals surface area contributed by atoms with Crippen LogP contribution in [-0.2, 0) is 0 Å². The molecule has 0 N–H and O–H groups in total. The van der Waals surface area contributed by atoms with E-state index in [4.69, 9.17) is 0 Å². The Bertz CT molecular complexity index is 334. The molecular formula is C13H20N2S. The summed E-state index contributed by atoms with van der Waals surface area (Å²) < 4.78 is 0. The second-order valence-corrected chi connectivity index (χ2v) is 5.45. The van der Waals surface area contributed by atoms with Gasteiger partial charge in [-0.05, 0) is 51.1 Å². The SMILES string of the molecule is CSc1ccc([C@@H]2CCCN2C(C)C)cn1. The lowest BCUT2D eigenvalue weighted by atomic mass is 10.1. The van der Waals surface area contributed by atoms with Crippen LogP contribution in [0.5, 0.6) is 0 Å². The van der Waals surface area contributed by atoms with Gasteiger partial charge in [0.1, 0.15) is 0 Å². The fourth-order valence-corrected chi connectivity index (χ4v) is 2.84. The average Bonchev–Trinajstić information content (AvgIpc) is 2.78. The molecule has 0 amide bonds. The third-order valence-electron chi connectivity index (χ3n) is 3.31. The molecule has 88 valence electrons. The van der Waals surface area contributed by atoms with E-state index in [0.29, 0.717) is 12.1 Å². The summed E-state index contributed by atoms with van der Waals surface area (Å²) in [7, 11) is 0. The number of thioether (sulfide) groups is 1. The van der Waals surface area contributed by atoms with Crippen LogP contribution in [0.3, 0.4) is 0 Å². The molecule has 1 aliphatic heterocycles. The van der Waals surface area contributed by atoms with Crippen molar-refractivity contribution in [3.05, 3.63) is 23.9 Å². The molecule has 1 saturated heterocycles. The number of rotatable bonds is 3. The first-order chi connectivity index (χ1) is 7.72. The summed E-state index contributed by atoms with van der Waals surface area (Å²) in [5.74, 6) is 0. The molecule has 1 aromatic heterocycles. The number of hydrogen-bond acceptors (Lipinski definition) is 3. The molecule has 0 unspecified atom stereocenters. The van der Waals surface area contributed by atoms with Gasteiger partial charge >= 0.3 is 0 Å². The molecular weight excluding hydrogens is 216 g/mol. The van der Waals surface area contributed by atoms with Gasteiger partial charge in [-0.1, -0.05) is 6.07 Å². The highest BCUT2D eigenvalue weighted by atomic mass is 32.2. The van der Waals surface area contributed by atoms with Crippen molar-refractivity contribution in [2.24, 2.45) is 0 Å². The highest BCUT2D eigenvalue weighted by Crippen LogP contribution is 2.33. The lowest BCUT2D eigenvalue weighted by molar-refractivity contribution is 0.205. The molecule has 2 rings (SSSR count). The van der Waals surface area contributed by atoms with Gasteiger partial charge in [0.2, 0.25) is 0 Å². The summed E-state index contributed by atoms with van der Waals surface area (Å²) in [6.07, 6.45) is 6.71. The van der Waals surface area contributed by atoms with Crippen LogP contribution < -0.4 is 0 Å². The third kappa shape index (κ3) is 2.41. The quantitative estimate of drug-likeness (QED) is 0.749. The van der Waals surface area contributed by atoms with E-state index in [2.05, 4.69) is 48.3 Å². The molecule has 0 spiro atoms. The number of hydrogen-bond donors (Lipinski definition) is 0. The molecule has 1 fully saturated rings. The van der Waals surface area contributed by atoms with Crippen molar-refractivity contribution in [2.45, 2.75) is 43.8 Å². The Kier molecular flexibility index (Phi) is 3.87. The zero-order chi connectivity index (χ0) is 11.5. The van der Waals surface area contributed by atoms with Gasteiger partial charge in [-0.3, -0.25) is 4.90 Å². The van der Waals surface area contributed by atoms with Crippen molar-refractivity contribution in [1.82, 2.24) is 9.88 Å². The second-order valence-electron chi connectivity index (χ2n) is 4.62. The number of aromatic nitrogens is 1. The van der Waals surface area contributed by atoms with Crippen molar-refractivity contribution in [3.8, 4) is 0 Å². The fourth-order valence-electron chi connectivity index (χ4n) is 2.47. The van der Waals surface area contributed by atoms with Gasteiger partial charge in [0.05, 0.1) is 5.03 Å². The van der Waals surface area contributed by atoms with E-state index in [0.717, 1.165) is 5.03 Å². The molecule has 0 radical (unpaired) electrons. The van der Waals surface area contributed by atoms with Crippen molar-refractivity contribution in [3.63, 3.8) is 0 Å². The minimum absolute atomic E-state index is 0.586. The highest BCUT2D eigenvalue weighted by molar-refractivity contribution is 7.98. The van der Waals surface area contributed by atoms with E-state index < -0.39 is 0 Å². The number of pyridine rings is 1. The summed E-state index contributed by atoms with van der Waals surface area (Å²) in [4.78, 5) is 7.05. The zero-order valence-electron chi connectivity index (χ0n) is 10.3. The lowest BCUT2D eigenvalue weighted by Gasteiger charge is -2.28. The second kappa shape index (κ2) is 5.19. The van der Waals surface area contributed by atoms with E-state index >= 15 is 0 Å². The van der Waals surface area contributed by atoms with E-state index in [1.54, 1.807) is 11.8 Å². The summed E-state index contributed by atoms with van der Waals surface area (Å²) in [6.45, 7) is 5.79. The van der Waals surface area contributed by atoms with E-state index in [1.807, 2.05) is 0 Å². The third-order valence-corrected chi connectivity index (χ3v) is 3.97. The maximum Gasteiger partial charge on any atom is 0.0957 e. The summed E-state index contributed by atoms with van der Waals surface area (Å²) >= 11 is 1.70. The van der Waals surface area contributed by atoms with Gasteiger partial charge in [0, 0.05) is 18.3 Å². The van der Waals surface area contributed by atoms with E-state index in [1.165, 1.54) is 24.9 Å². The standard InChI is InChI=1S/C13H20N2S/c1-10(2)15-8-4-5-12(15)11-6-7-13(16-3)14-9-11/h6-7,9-10,12H,4-5,8H2,1-3H3/t12-/m0/s1. The molecule has 0 aromatic carbocycles. The monoisotopic (exact) mass is 236 g/mol. The number of nitrogens with zero attached hydrogens (tertiary/aromatic N) is 2. The summed E-state index contributed by atoms with van der Waals surface area (Å²) in [5.41, 5.74) is 1.38. The Morgan fingerprint density at radius 1 is 1.44 bits per heavy atom. The molecule has 3 heteroatoms. The van der Waals surface area contributed by atoms with Crippen LogP contribution >= 0.6 is 11.8 Å². The van der Waals surface area contributed by atoms with Crippen LogP contribution in [-0.4, -0.2) is 28.7 Å². The molecule has 2 heterocycles. The minimum Gasteiger partial charge on any atom is -0.294 e. The highest BCUT2D eigenvalue weighted by Gasteiger charge is 2.27. The van der Waals surface area contributed by atoms with Crippen LogP contribution in [0.2, 0.25) is 0 Å². The van der Waals surface area contributed by atoms with E-state index in [9.17, 15) is 0 Å². The van der Waals surface area contributed by atoms with Gasteiger partial charge in [-0.15, -0.1) is 11.8 Å². The van der Waals surface area contributed by atoms with Crippen molar-refractivity contribution < 1.29 is 0 Å². The van der Waals surface area contributed by atoms with Crippen molar-refractivity contribution in [1.29, 1.82) is 0 Å². The molecule has 0 saturated carbocycles. The zero-order valence-corrected chi connectivity index (χ0v) is 11.1. The van der Waals surface area contributed by atoms with Gasteiger partial charge in [-0.2, -0.15) is 0 Å². The molecule has 2 nitrogen and oxygen atoms in total. The maximum atomic E-state index is 4.47. The maximum absolute atomic E-state index is 4.47. The van der Waals surface area contributed by atoms with Gasteiger partial charge < -0.3 is 0 Å². The molecule has 0 aliphatic carbocycles. The molecule has 1 atom stereocenters. The van der Waals surface area contributed by atoms with Crippen LogP contribution in [0.4, 0.5) is 0 Å². The van der Waals surface area contributed by atoms with Crippen LogP contribution in [0.25, 0.3) is 0 Å². The Balaban J connectivity index is 2.16. The summed E-state index contributed by atoms with van der Waals surface area (Å²) in [6, 6.07) is 5.59.